The molecule has 5 nitrogen and oxygen atoms in total. The molecule has 182 valence electrons. The average molecular weight is 511 g/mol. The Labute approximate surface area is 213 Å². The molecule has 35 heavy (non-hydrogen) atoms. The summed E-state index contributed by atoms with van der Waals surface area (Å²) < 4.78 is 20.7. The molecule has 1 heterocycles. The number of methoxy groups -OCH3 is 1. The molecule has 1 aromatic heterocycles. The first kappa shape index (κ1) is 25.2. The van der Waals surface area contributed by atoms with Gasteiger partial charge in [-0.2, -0.15) is 0 Å². The number of benzene rings is 3. The van der Waals surface area contributed by atoms with Gasteiger partial charge in [-0.05, 0) is 54.2 Å². The van der Waals surface area contributed by atoms with Gasteiger partial charge < -0.3 is 9.84 Å². The van der Waals surface area contributed by atoms with Gasteiger partial charge in [-0.15, -0.1) is 24.2 Å². The number of rotatable bonds is 5. The third-order valence-electron chi connectivity index (χ3n) is 6.45. The molecule has 0 saturated heterocycles. The van der Waals surface area contributed by atoms with Gasteiger partial charge in [0.2, 0.25) is 0 Å². The number of aromatic nitrogens is 1. The van der Waals surface area contributed by atoms with Crippen molar-refractivity contribution in [3.8, 4) is 27.4 Å². The van der Waals surface area contributed by atoms with Crippen molar-refractivity contribution in [1.29, 1.82) is 0 Å². The van der Waals surface area contributed by atoms with Crippen LogP contribution in [0.25, 0.3) is 31.9 Å². The van der Waals surface area contributed by atoms with E-state index in [1.807, 2.05) is 18.2 Å². The van der Waals surface area contributed by atoms with Crippen molar-refractivity contribution in [3.05, 3.63) is 71.5 Å². The third kappa shape index (κ3) is 5.34. The van der Waals surface area contributed by atoms with Crippen LogP contribution in [-0.2, 0) is 0 Å². The summed E-state index contributed by atoms with van der Waals surface area (Å²) in [6, 6.07) is 17.0. The molecule has 8 heteroatoms. The maximum Gasteiger partial charge on any atom is 0.338 e. The van der Waals surface area contributed by atoms with E-state index in [9.17, 15) is 14.3 Å². The van der Waals surface area contributed by atoms with Gasteiger partial charge in [-0.25, -0.2) is 14.2 Å². The van der Waals surface area contributed by atoms with E-state index >= 15 is 0 Å². The summed E-state index contributed by atoms with van der Waals surface area (Å²) in [5.41, 5.74) is 4.12. The number of thiazole rings is 1. The number of aromatic carboxylic acids is 1. The molecule has 1 aliphatic carbocycles. The zero-order chi connectivity index (χ0) is 24.9. The van der Waals surface area contributed by atoms with Crippen molar-refractivity contribution in [1.82, 2.24) is 4.98 Å². The molecule has 3 N–H and O–H groups in total. The van der Waals surface area contributed by atoms with E-state index in [2.05, 4.69) is 42.2 Å². The fraction of sp³-hybridized carbons (Fsp3) is 0.259. The number of nitrogens with two attached hydrogens (primary N) is 1. The molecule has 0 spiro atoms. The molecule has 0 amide bonds. The molecular weight excluding hydrogens is 483 g/mol. The normalized spacial score (nSPS) is 13.8. The van der Waals surface area contributed by atoms with E-state index < -0.39 is 17.3 Å². The fourth-order valence-electron chi connectivity index (χ4n) is 4.66. The lowest BCUT2D eigenvalue weighted by molar-refractivity contribution is 0.0691. The first-order chi connectivity index (χ1) is 17.0. The van der Waals surface area contributed by atoms with Gasteiger partial charge in [0.15, 0.2) is 0 Å². The quantitative estimate of drug-likeness (QED) is 0.245. The highest BCUT2D eigenvalue weighted by Gasteiger charge is 2.18. The summed E-state index contributed by atoms with van der Waals surface area (Å²) >= 11 is 4.65. The molecule has 0 bridgehead atoms. The van der Waals surface area contributed by atoms with Gasteiger partial charge in [-0.1, -0.05) is 49.6 Å². The van der Waals surface area contributed by atoms with Crippen LogP contribution in [0.5, 0.6) is 5.75 Å². The van der Waals surface area contributed by atoms with E-state index in [0.717, 1.165) is 26.4 Å². The summed E-state index contributed by atoms with van der Waals surface area (Å²) in [5.74, 6) is -1.14. The van der Waals surface area contributed by atoms with Crippen LogP contribution in [-0.4, -0.2) is 23.2 Å². The number of thiol groups is 1. The van der Waals surface area contributed by atoms with Crippen LogP contribution in [0.2, 0.25) is 0 Å². The van der Waals surface area contributed by atoms with Crippen LogP contribution in [0, 0.1) is 5.82 Å². The van der Waals surface area contributed by atoms with Crippen LogP contribution >= 0.6 is 24.2 Å². The molecular formula is C27H27FN2O3S2. The smallest absolute Gasteiger partial charge is 0.338 e. The predicted octanol–water partition coefficient (Wildman–Crippen LogP) is 7.31. The van der Waals surface area contributed by atoms with Crippen molar-refractivity contribution < 1.29 is 19.0 Å². The Morgan fingerprint density at radius 3 is 2.40 bits per heavy atom. The SMILES string of the molecule is COc1cc(C(=O)O)c(F)cc1-c1ccc2sc(-c3ccc(C4CCCCC4)cc3)nc2c1.NS. The largest absolute Gasteiger partial charge is 0.496 e. The predicted molar refractivity (Wildman–Crippen MR) is 143 cm³/mol. The number of carboxylic acid groups (broad SMARTS) is 1. The third-order valence-corrected chi connectivity index (χ3v) is 7.54. The Hall–Kier alpha value is -2.94. The maximum atomic E-state index is 14.4. The van der Waals surface area contributed by atoms with Gasteiger partial charge >= 0.3 is 5.97 Å². The molecule has 0 unspecified atom stereocenters. The molecule has 0 aliphatic heterocycles. The number of fused-ring (bicyclic) bond motifs is 1. The van der Waals surface area contributed by atoms with Gasteiger partial charge in [0, 0.05) is 11.1 Å². The van der Waals surface area contributed by atoms with Crippen molar-refractivity contribution in [2.75, 3.05) is 7.11 Å². The topological polar surface area (TPSA) is 85.4 Å². The van der Waals surface area contributed by atoms with Crippen molar-refractivity contribution in [2.24, 2.45) is 5.14 Å². The van der Waals surface area contributed by atoms with E-state index in [4.69, 9.17) is 9.72 Å². The van der Waals surface area contributed by atoms with E-state index in [1.165, 1.54) is 56.9 Å². The number of carbonyl (C=O) groups is 1. The highest BCUT2D eigenvalue weighted by Crippen LogP contribution is 2.38. The van der Waals surface area contributed by atoms with Crippen LogP contribution in [0.1, 0.15) is 53.9 Å². The number of halogens is 1. The lowest BCUT2D eigenvalue weighted by Crippen LogP contribution is -2.04. The molecule has 5 rings (SSSR count). The number of hydrogen-bond donors (Lipinski definition) is 3. The van der Waals surface area contributed by atoms with Crippen LogP contribution in [0.4, 0.5) is 4.39 Å². The zero-order valence-corrected chi connectivity index (χ0v) is 21.0. The Kier molecular flexibility index (Phi) is 8.05. The Balaban J connectivity index is 0.00000141. The summed E-state index contributed by atoms with van der Waals surface area (Å²) in [6.07, 6.45) is 6.55. The Morgan fingerprint density at radius 2 is 1.74 bits per heavy atom. The lowest BCUT2D eigenvalue weighted by Gasteiger charge is -2.21. The monoisotopic (exact) mass is 510 g/mol. The molecule has 1 fully saturated rings. The van der Waals surface area contributed by atoms with E-state index in [-0.39, 0.29) is 0 Å². The minimum atomic E-state index is -1.33. The second-order valence-corrected chi connectivity index (χ2v) is 9.53. The first-order valence-corrected chi connectivity index (χ1v) is 12.7. The number of carboxylic acids is 1. The molecule has 1 aliphatic rings. The van der Waals surface area contributed by atoms with Crippen LogP contribution in [0.3, 0.4) is 0 Å². The first-order valence-electron chi connectivity index (χ1n) is 11.4. The zero-order valence-electron chi connectivity index (χ0n) is 19.3. The Morgan fingerprint density at radius 1 is 1.06 bits per heavy atom. The van der Waals surface area contributed by atoms with E-state index in [0.29, 0.717) is 17.2 Å². The number of ether oxygens (including phenoxy) is 1. The Bertz CT molecular complexity index is 1330. The van der Waals surface area contributed by atoms with Gasteiger partial charge in [0.05, 0.1) is 22.9 Å². The molecule has 3 aromatic carbocycles. The lowest BCUT2D eigenvalue weighted by atomic mass is 9.84. The van der Waals surface area contributed by atoms with E-state index in [1.54, 1.807) is 11.3 Å². The molecule has 4 aromatic rings. The van der Waals surface area contributed by atoms with Crippen LogP contribution in [0.15, 0.2) is 54.6 Å². The van der Waals surface area contributed by atoms with Crippen molar-refractivity contribution in [3.63, 3.8) is 0 Å². The summed E-state index contributed by atoms with van der Waals surface area (Å²) in [5, 5.41) is 14.3. The summed E-state index contributed by atoms with van der Waals surface area (Å²) in [7, 11) is 1.44. The average Bonchev–Trinajstić information content (AvgIpc) is 3.33. The fourth-order valence-corrected chi connectivity index (χ4v) is 5.62. The number of hydrogen-bond acceptors (Lipinski definition) is 6. The van der Waals surface area contributed by atoms with Crippen LogP contribution < -0.4 is 9.88 Å². The minimum absolute atomic E-state index is 0.307. The standard InChI is InChI=1S/C27H24FNO3S.H3NS/c1-32-24-15-21(27(30)31)22(28)14-20(24)19-11-12-25-23(13-19)29-26(33-25)18-9-7-17(8-10-18)16-5-3-2-4-6-16;1-2/h7-16H,2-6H2,1H3,(H,30,31);2H,1H2. The molecule has 0 radical (unpaired) electrons. The van der Waals surface area contributed by atoms with Gasteiger partial charge in [0.1, 0.15) is 16.6 Å². The highest BCUT2D eigenvalue weighted by atomic mass is 32.1. The highest BCUT2D eigenvalue weighted by molar-refractivity contribution is 7.77. The van der Waals surface area contributed by atoms with Gasteiger partial charge in [0.25, 0.3) is 0 Å². The van der Waals surface area contributed by atoms with Gasteiger partial charge in [-0.3, -0.25) is 5.14 Å². The van der Waals surface area contributed by atoms with Crippen molar-refractivity contribution in [2.45, 2.75) is 38.0 Å². The van der Waals surface area contributed by atoms with Crippen molar-refractivity contribution >= 4 is 40.3 Å². The second-order valence-electron chi connectivity index (χ2n) is 8.50. The second kappa shape index (κ2) is 11.2. The minimum Gasteiger partial charge on any atom is -0.496 e. The summed E-state index contributed by atoms with van der Waals surface area (Å²) in [4.78, 5) is 16.1. The number of nitrogens with zero attached hydrogens (tertiary/aromatic N) is 1. The maximum absolute atomic E-state index is 14.4. The summed E-state index contributed by atoms with van der Waals surface area (Å²) in [6.45, 7) is 0. The molecule has 0 atom stereocenters. The molecule has 1 saturated carbocycles.